The largest absolute Gasteiger partial charge is 0.331 e. The molecule has 0 radical (unpaired) electrons. The second-order valence-corrected chi connectivity index (χ2v) is 9.83. The van der Waals surface area contributed by atoms with Crippen molar-refractivity contribution < 1.29 is 24.0 Å². The van der Waals surface area contributed by atoms with Crippen LogP contribution in [0, 0.1) is 0 Å². The number of amides is 2. The molecule has 2 aromatic rings. The van der Waals surface area contributed by atoms with Gasteiger partial charge in [-0.3, -0.25) is 24.2 Å². The molecular formula is C27H27N3O5S2. The van der Waals surface area contributed by atoms with Crippen molar-refractivity contribution in [2.75, 3.05) is 14.1 Å². The van der Waals surface area contributed by atoms with E-state index >= 15 is 0 Å². The Morgan fingerprint density at radius 1 is 0.973 bits per heavy atom. The minimum absolute atomic E-state index is 0.0507. The summed E-state index contributed by atoms with van der Waals surface area (Å²) in [5.41, 5.74) is 1.44. The van der Waals surface area contributed by atoms with Crippen LogP contribution in [0.5, 0.6) is 0 Å². The molecule has 1 heterocycles. The third-order valence-electron chi connectivity index (χ3n) is 5.50. The molecule has 37 heavy (non-hydrogen) atoms. The Kier molecular flexibility index (Phi) is 9.48. The molecule has 2 amide bonds. The number of nitrogens with zero attached hydrogens (tertiary/aromatic N) is 3. The van der Waals surface area contributed by atoms with E-state index in [9.17, 15) is 19.2 Å². The molecule has 0 unspecified atom stereocenters. The molecule has 0 N–H and O–H groups in total. The van der Waals surface area contributed by atoms with Crippen molar-refractivity contribution >= 4 is 64.4 Å². The van der Waals surface area contributed by atoms with Gasteiger partial charge >= 0.3 is 5.97 Å². The lowest BCUT2D eigenvalue weighted by Crippen LogP contribution is -2.52. The van der Waals surface area contributed by atoms with E-state index in [4.69, 9.17) is 17.1 Å². The van der Waals surface area contributed by atoms with Gasteiger partial charge in [-0.15, -0.1) is 0 Å². The molecule has 192 valence electrons. The number of carbonyl (C=O) groups excluding carboxylic acids is 4. The molecule has 1 saturated heterocycles. The minimum Gasteiger partial charge on any atom is -0.318 e. The van der Waals surface area contributed by atoms with Gasteiger partial charge in [0.15, 0.2) is 5.11 Å². The van der Waals surface area contributed by atoms with E-state index in [0.29, 0.717) is 17.5 Å². The molecule has 0 aromatic heterocycles. The summed E-state index contributed by atoms with van der Waals surface area (Å²) in [6.07, 6.45) is 3.63. The Morgan fingerprint density at radius 3 is 2.03 bits per heavy atom. The summed E-state index contributed by atoms with van der Waals surface area (Å²) in [5, 5.41) is 3.92. The summed E-state index contributed by atoms with van der Waals surface area (Å²) in [5.74, 6) is -1.71. The van der Waals surface area contributed by atoms with Gasteiger partial charge in [-0.2, -0.15) is 0 Å². The van der Waals surface area contributed by atoms with E-state index in [0.717, 1.165) is 22.6 Å². The third kappa shape index (κ3) is 6.99. The number of ketones is 1. The van der Waals surface area contributed by atoms with Crippen LogP contribution in [0.15, 0.2) is 69.1 Å². The first kappa shape index (κ1) is 27.9. The minimum atomic E-state index is -0.573. The number of unbranched alkanes of at least 4 members (excludes halogenated alkanes) is 1. The van der Waals surface area contributed by atoms with Crippen molar-refractivity contribution in [1.82, 2.24) is 9.80 Å². The summed E-state index contributed by atoms with van der Waals surface area (Å²) in [6, 6.07) is 14.5. The maximum Gasteiger partial charge on any atom is 0.331 e. The molecule has 2 aromatic carbocycles. The van der Waals surface area contributed by atoms with Crippen LogP contribution >= 0.6 is 24.0 Å². The monoisotopic (exact) mass is 537 g/mol. The second kappa shape index (κ2) is 12.6. The number of thiocarbonyl (C=S) groups is 1. The van der Waals surface area contributed by atoms with Crippen LogP contribution in [0.3, 0.4) is 0 Å². The highest BCUT2D eigenvalue weighted by Gasteiger charge is 2.35. The zero-order chi connectivity index (χ0) is 27.1. The highest BCUT2D eigenvalue weighted by Crippen LogP contribution is 2.29. The number of carbonyl (C=O) groups is 4. The van der Waals surface area contributed by atoms with Gasteiger partial charge in [0.2, 0.25) is 5.78 Å². The van der Waals surface area contributed by atoms with Gasteiger partial charge in [-0.1, -0.05) is 42.4 Å². The van der Waals surface area contributed by atoms with E-state index in [2.05, 4.69) is 5.16 Å². The molecule has 3 rings (SSSR count). The first-order valence-electron chi connectivity index (χ1n) is 11.6. The van der Waals surface area contributed by atoms with Crippen LogP contribution in [-0.4, -0.2) is 58.3 Å². The Bertz CT molecular complexity index is 1260. The second-order valence-electron chi connectivity index (χ2n) is 8.32. The number of Topliss-reactive ketones (excluding diaryl/α,β-unsaturated/α-hetero) is 1. The maximum absolute atomic E-state index is 12.8. The third-order valence-corrected chi connectivity index (χ3v) is 7.06. The quantitative estimate of drug-likeness (QED) is 0.0868. The van der Waals surface area contributed by atoms with Crippen molar-refractivity contribution in [3.8, 4) is 0 Å². The molecular weight excluding hydrogens is 510 g/mol. The van der Waals surface area contributed by atoms with Crippen LogP contribution in [0.2, 0.25) is 0 Å². The topological polar surface area (TPSA) is 96.3 Å². The highest BCUT2D eigenvalue weighted by molar-refractivity contribution is 7.99. The van der Waals surface area contributed by atoms with E-state index < -0.39 is 17.8 Å². The number of hydrogen-bond acceptors (Lipinski definition) is 8. The fourth-order valence-corrected chi connectivity index (χ4v) is 4.40. The van der Waals surface area contributed by atoms with Crippen molar-refractivity contribution in [3.05, 3.63) is 65.2 Å². The first-order valence-corrected chi connectivity index (χ1v) is 12.8. The van der Waals surface area contributed by atoms with Gasteiger partial charge in [-0.25, -0.2) is 4.79 Å². The number of likely N-dealkylation sites (N-methyl/N-ethyl adjacent to an activating group) is 2. The first-order chi connectivity index (χ1) is 17.6. The number of rotatable bonds is 9. The standard InChI is InChI=1S/C27H27N3O5S2/c1-5-6-7-23(28-35-17(2)31)24(32)19-10-14-21(15-11-19)37-20-12-8-18(9-13-20)16-22-25(33)29(3)27(36)30(4)26(22)34/h8-16H,5-7H2,1-4H3. The number of hydrogen-bond donors (Lipinski definition) is 0. The maximum atomic E-state index is 12.8. The van der Waals surface area contributed by atoms with Crippen LogP contribution in [0.25, 0.3) is 6.08 Å². The average molecular weight is 538 g/mol. The lowest BCUT2D eigenvalue weighted by Gasteiger charge is -2.31. The van der Waals surface area contributed by atoms with Gasteiger partial charge in [0, 0.05) is 36.4 Å². The summed E-state index contributed by atoms with van der Waals surface area (Å²) in [7, 11) is 3.08. The lowest BCUT2D eigenvalue weighted by molar-refractivity contribution is -0.141. The molecule has 1 aliphatic heterocycles. The molecule has 0 saturated carbocycles. The Morgan fingerprint density at radius 2 is 1.51 bits per heavy atom. The molecule has 1 aliphatic rings. The number of benzene rings is 2. The van der Waals surface area contributed by atoms with Gasteiger partial charge in [0.1, 0.15) is 11.3 Å². The summed E-state index contributed by atoms with van der Waals surface area (Å²) < 4.78 is 0. The molecule has 8 nitrogen and oxygen atoms in total. The summed E-state index contributed by atoms with van der Waals surface area (Å²) in [6.45, 7) is 3.24. The molecule has 1 fully saturated rings. The Labute approximate surface area is 225 Å². The van der Waals surface area contributed by atoms with Crippen LogP contribution in [-0.2, 0) is 19.2 Å². The van der Waals surface area contributed by atoms with E-state index in [-0.39, 0.29) is 22.2 Å². The molecule has 10 heteroatoms. The van der Waals surface area contributed by atoms with Crippen molar-refractivity contribution in [2.24, 2.45) is 5.16 Å². The fourth-order valence-electron chi connectivity index (χ4n) is 3.42. The SMILES string of the molecule is CCCCC(=NOC(C)=O)C(=O)c1ccc(Sc2ccc(C=C3C(=O)N(C)C(=S)N(C)C3=O)cc2)cc1. The van der Waals surface area contributed by atoms with Gasteiger partial charge in [-0.05, 0) is 73.1 Å². The molecule has 0 aliphatic carbocycles. The summed E-state index contributed by atoms with van der Waals surface area (Å²) in [4.78, 5) is 58.1. The van der Waals surface area contributed by atoms with Crippen molar-refractivity contribution in [1.29, 1.82) is 0 Å². The van der Waals surface area contributed by atoms with E-state index in [1.165, 1.54) is 28.5 Å². The van der Waals surface area contributed by atoms with E-state index in [1.807, 2.05) is 43.3 Å². The van der Waals surface area contributed by atoms with Crippen LogP contribution in [0.4, 0.5) is 0 Å². The zero-order valence-electron chi connectivity index (χ0n) is 21.0. The highest BCUT2D eigenvalue weighted by atomic mass is 32.2. The van der Waals surface area contributed by atoms with Gasteiger partial charge < -0.3 is 4.84 Å². The van der Waals surface area contributed by atoms with Crippen LogP contribution < -0.4 is 0 Å². The molecule has 0 spiro atoms. The summed E-state index contributed by atoms with van der Waals surface area (Å²) >= 11 is 6.61. The normalized spacial score (nSPS) is 14.2. The molecule has 0 bridgehead atoms. The number of oxime groups is 1. The Balaban J connectivity index is 1.70. The lowest BCUT2D eigenvalue weighted by atomic mass is 10.0. The predicted molar refractivity (Wildman–Crippen MR) is 146 cm³/mol. The zero-order valence-corrected chi connectivity index (χ0v) is 22.6. The fraction of sp³-hybridized carbons (Fsp3) is 0.259. The van der Waals surface area contributed by atoms with Crippen molar-refractivity contribution in [3.63, 3.8) is 0 Å². The van der Waals surface area contributed by atoms with Crippen LogP contribution in [0.1, 0.15) is 49.0 Å². The predicted octanol–water partition coefficient (Wildman–Crippen LogP) is 4.73. The Hall–Kier alpha value is -3.63. The average Bonchev–Trinajstić information content (AvgIpc) is 2.90. The van der Waals surface area contributed by atoms with Crippen molar-refractivity contribution in [2.45, 2.75) is 42.9 Å². The van der Waals surface area contributed by atoms with Gasteiger partial charge in [0.25, 0.3) is 11.8 Å². The van der Waals surface area contributed by atoms with Gasteiger partial charge in [0.05, 0.1) is 0 Å². The smallest absolute Gasteiger partial charge is 0.318 e. The molecule has 0 atom stereocenters. The van der Waals surface area contributed by atoms with E-state index in [1.54, 1.807) is 32.3 Å².